The zero-order chi connectivity index (χ0) is 15.4. The smallest absolute Gasteiger partial charge is 0.226 e. The van der Waals surface area contributed by atoms with Gasteiger partial charge in [0.2, 0.25) is 5.91 Å². The second-order valence-corrected chi connectivity index (χ2v) is 6.96. The van der Waals surface area contributed by atoms with Crippen molar-refractivity contribution < 1.29 is 9.18 Å². The molecular weight excluding hydrogens is 301 g/mol. The Morgan fingerprint density at radius 2 is 2.23 bits per heavy atom. The van der Waals surface area contributed by atoms with Crippen molar-refractivity contribution in [1.82, 2.24) is 5.32 Å². The molecule has 0 radical (unpaired) electrons. The molecule has 1 unspecified atom stereocenters. The number of nitrogens with zero attached hydrogens (tertiary/aromatic N) is 1. The molecule has 1 amide bonds. The minimum absolute atomic E-state index is 0.120. The number of halogens is 1. The number of benzene rings is 1. The van der Waals surface area contributed by atoms with Gasteiger partial charge in [-0.2, -0.15) is 11.8 Å². The van der Waals surface area contributed by atoms with Gasteiger partial charge in [0.15, 0.2) is 0 Å². The SMILES string of the molecule is O=C(CC1CSCCN1)Nc1c(F)cccc1N1CCCC1. The highest BCUT2D eigenvalue weighted by atomic mass is 32.2. The first kappa shape index (κ1) is 15.6. The number of carbonyl (C=O) groups is 1. The van der Waals surface area contributed by atoms with Crippen LogP contribution >= 0.6 is 11.8 Å². The Labute approximate surface area is 134 Å². The number of nitrogens with one attached hydrogen (secondary N) is 2. The van der Waals surface area contributed by atoms with Gasteiger partial charge in [0.05, 0.1) is 5.69 Å². The highest BCUT2D eigenvalue weighted by Gasteiger charge is 2.21. The molecule has 2 saturated heterocycles. The van der Waals surface area contributed by atoms with Crippen LogP contribution in [0.15, 0.2) is 18.2 Å². The summed E-state index contributed by atoms with van der Waals surface area (Å²) in [6, 6.07) is 5.18. The van der Waals surface area contributed by atoms with Gasteiger partial charge >= 0.3 is 0 Å². The van der Waals surface area contributed by atoms with E-state index in [1.165, 1.54) is 6.07 Å². The Hall–Kier alpha value is -1.27. The number of carbonyl (C=O) groups excluding carboxylic acids is 1. The van der Waals surface area contributed by atoms with Crippen molar-refractivity contribution in [1.29, 1.82) is 0 Å². The van der Waals surface area contributed by atoms with Crippen molar-refractivity contribution in [3.05, 3.63) is 24.0 Å². The molecule has 2 heterocycles. The zero-order valence-electron chi connectivity index (χ0n) is 12.6. The summed E-state index contributed by atoms with van der Waals surface area (Å²) in [5.41, 5.74) is 1.13. The zero-order valence-corrected chi connectivity index (χ0v) is 13.4. The summed E-state index contributed by atoms with van der Waals surface area (Å²) in [5, 5.41) is 6.13. The van der Waals surface area contributed by atoms with Crippen molar-refractivity contribution in [2.45, 2.75) is 25.3 Å². The third-order valence-corrected chi connectivity index (χ3v) is 5.26. The van der Waals surface area contributed by atoms with Gasteiger partial charge in [-0.05, 0) is 25.0 Å². The van der Waals surface area contributed by atoms with Gasteiger partial charge in [0.1, 0.15) is 11.5 Å². The number of thioether (sulfide) groups is 1. The summed E-state index contributed by atoms with van der Waals surface area (Å²) in [6.45, 7) is 2.78. The lowest BCUT2D eigenvalue weighted by Gasteiger charge is -2.24. The lowest BCUT2D eigenvalue weighted by Crippen LogP contribution is -2.40. The van der Waals surface area contributed by atoms with Gasteiger partial charge < -0.3 is 15.5 Å². The number of rotatable bonds is 4. The van der Waals surface area contributed by atoms with Crippen LogP contribution in [0.5, 0.6) is 0 Å². The molecule has 6 heteroatoms. The Kier molecular flexibility index (Phi) is 5.20. The fourth-order valence-electron chi connectivity index (χ4n) is 3.02. The van der Waals surface area contributed by atoms with Crippen LogP contribution in [0.3, 0.4) is 0 Å². The van der Waals surface area contributed by atoms with E-state index in [1.54, 1.807) is 6.07 Å². The van der Waals surface area contributed by atoms with Gasteiger partial charge in [0.25, 0.3) is 0 Å². The Balaban J connectivity index is 1.69. The van der Waals surface area contributed by atoms with E-state index in [9.17, 15) is 9.18 Å². The molecule has 22 heavy (non-hydrogen) atoms. The first-order valence-corrected chi connectivity index (χ1v) is 9.04. The lowest BCUT2D eigenvalue weighted by atomic mass is 10.2. The van der Waals surface area contributed by atoms with Crippen LogP contribution in [-0.2, 0) is 4.79 Å². The van der Waals surface area contributed by atoms with Gasteiger partial charge in [0, 0.05) is 43.6 Å². The monoisotopic (exact) mass is 323 g/mol. The molecule has 2 aliphatic rings. The molecule has 0 aromatic heterocycles. The van der Waals surface area contributed by atoms with Crippen LogP contribution in [0.2, 0.25) is 0 Å². The highest BCUT2D eigenvalue weighted by molar-refractivity contribution is 7.99. The summed E-state index contributed by atoms with van der Waals surface area (Å²) in [6.07, 6.45) is 2.63. The fourth-order valence-corrected chi connectivity index (χ4v) is 3.97. The summed E-state index contributed by atoms with van der Waals surface area (Å²) >= 11 is 1.85. The number of hydrogen-bond donors (Lipinski definition) is 2. The summed E-state index contributed by atoms with van der Waals surface area (Å²) in [7, 11) is 0. The maximum atomic E-state index is 14.2. The first-order valence-electron chi connectivity index (χ1n) is 7.88. The Bertz CT molecular complexity index is 528. The van der Waals surface area contributed by atoms with Crippen molar-refractivity contribution in [2.24, 2.45) is 0 Å². The van der Waals surface area contributed by atoms with E-state index in [-0.39, 0.29) is 17.8 Å². The van der Waals surface area contributed by atoms with Gasteiger partial charge in [-0.3, -0.25) is 4.79 Å². The number of amides is 1. The molecule has 1 atom stereocenters. The van der Waals surface area contributed by atoms with E-state index in [0.29, 0.717) is 12.1 Å². The molecule has 2 fully saturated rings. The van der Waals surface area contributed by atoms with E-state index in [2.05, 4.69) is 15.5 Å². The lowest BCUT2D eigenvalue weighted by molar-refractivity contribution is -0.116. The van der Waals surface area contributed by atoms with Crippen LogP contribution in [0.25, 0.3) is 0 Å². The van der Waals surface area contributed by atoms with Crippen LogP contribution in [0, 0.1) is 5.82 Å². The number of para-hydroxylation sites is 1. The third-order valence-electron chi connectivity index (χ3n) is 4.13. The Morgan fingerprint density at radius 3 is 2.95 bits per heavy atom. The van der Waals surface area contributed by atoms with E-state index in [4.69, 9.17) is 0 Å². The summed E-state index contributed by atoms with van der Waals surface area (Å²) < 4.78 is 14.2. The molecule has 0 aliphatic carbocycles. The maximum absolute atomic E-state index is 14.2. The normalized spacial score (nSPS) is 21.9. The van der Waals surface area contributed by atoms with E-state index in [1.807, 2.05) is 17.8 Å². The number of hydrogen-bond acceptors (Lipinski definition) is 4. The minimum Gasteiger partial charge on any atom is -0.370 e. The van der Waals surface area contributed by atoms with E-state index < -0.39 is 0 Å². The van der Waals surface area contributed by atoms with Crippen molar-refractivity contribution in [3.8, 4) is 0 Å². The van der Waals surface area contributed by atoms with Gasteiger partial charge in [-0.15, -0.1) is 0 Å². The largest absolute Gasteiger partial charge is 0.370 e. The van der Waals surface area contributed by atoms with Crippen LogP contribution in [0.4, 0.5) is 15.8 Å². The van der Waals surface area contributed by atoms with Crippen LogP contribution in [-0.4, -0.2) is 43.1 Å². The quantitative estimate of drug-likeness (QED) is 0.893. The average molecular weight is 323 g/mol. The molecule has 0 bridgehead atoms. The molecule has 2 aliphatic heterocycles. The van der Waals surface area contributed by atoms with Crippen molar-refractivity contribution >= 4 is 29.0 Å². The topological polar surface area (TPSA) is 44.4 Å². The molecule has 2 N–H and O–H groups in total. The van der Waals surface area contributed by atoms with E-state index >= 15 is 0 Å². The van der Waals surface area contributed by atoms with Crippen LogP contribution < -0.4 is 15.5 Å². The predicted molar refractivity (Wildman–Crippen MR) is 90.2 cm³/mol. The Morgan fingerprint density at radius 1 is 1.41 bits per heavy atom. The fraction of sp³-hybridized carbons (Fsp3) is 0.562. The summed E-state index contributed by atoms with van der Waals surface area (Å²) in [5.74, 6) is 1.54. The second kappa shape index (κ2) is 7.33. The standard InChI is InChI=1S/C16H22FN3OS/c17-13-4-3-5-14(20-7-1-2-8-20)16(13)19-15(21)10-12-11-22-9-6-18-12/h3-5,12,18H,1-2,6-11H2,(H,19,21). The van der Waals surface area contributed by atoms with E-state index in [0.717, 1.165) is 49.7 Å². The molecule has 0 saturated carbocycles. The van der Waals surface area contributed by atoms with Gasteiger partial charge in [-0.25, -0.2) is 4.39 Å². The second-order valence-electron chi connectivity index (χ2n) is 5.81. The average Bonchev–Trinajstić information content (AvgIpc) is 3.04. The maximum Gasteiger partial charge on any atom is 0.226 e. The molecule has 0 spiro atoms. The molecule has 1 aromatic carbocycles. The first-order chi connectivity index (χ1) is 10.7. The number of anilines is 2. The van der Waals surface area contributed by atoms with Crippen LogP contribution in [0.1, 0.15) is 19.3 Å². The third kappa shape index (κ3) is 3.73. The van der Waals surface area contributed by atoms with Gasteiger partial charge in [-0.1, -0.05) is 6.07 Å². The molecular formula is C16H22FN3OS. The molecule has 3 rings (SSSR count). The van der Waals surface area contributed by atoms with Crippen molar-refractivity contribution in [3.63, 3.8) is 0 Å². The summed E-state index contributed by atoms with van der Waals surface area (Å²) in [4.78, 5) is 14.4. The predicted octanol–water partition coefficient (Wildman–Crippen LogP) is 2.46. The molecule has 4 nitrogen and oxygen atoms in total. The molecule has 1 aromatic rings. The van der Waals surface area contributed by atoms with Crippen molar-refractivity contribution in [2.75, 3.05) is 41.4 Å². The highest BCUT2D eigenvalue weighted by Crippen LogP contribution is 2.31. The molecule has 120 valence electrons. The minimum atomic E-state index is -0.358.